The zero-order valence-electron chi connectivity index (χ0n) is 22.4. The van der Waals surface area contributed by atoms with E-state index in [4.69, 9.17) is 21.3 Å². The van der Waals surface area contributed by atoms with Crippen LogP contribution in [0.5, 0.6) is 0 Å². The highest BCUT2D eigenvalue weighted by Gasteiger charge is 2.36. The largest absolute Gasteiger partial charge is 0.454 e. The Bertz CT molecular complexity index is 1960. The van der Waals surface area contributed by atoms with Crippen LogP contribution in [0.4, 0.5) is 5.69 Å². The van der Waals surface area contributed by atoms with Gasteiger partial charge in [-0.15, -0.1) is 0 Å². The number of Topliss-reactive ketones (excluding diaryl/α,β-unsaturated/α-hetero) is 1. The van der Waals surface area contributed by atoms with Crippen molar-refractivity contribution >= 4 is 83.6 Å². The molecule has 5 aromatic rings. The van der Waals surface area contributed by atoms with E-state index in [0.29, 0.717) is 59.6 Å². The van der Waals surface area contributed by atoms with Crippen molar-refractivity contribution < 1.29 is 23.9 Å². The van der Waals surface area contributed by atoms with Gasteiger partial charge in [-0.1, -0.05) is 63.9 Å². The second kappa shape index (κ2) is 11.5. The molecule has 0 saturated carbocycles. The zero-order chi connectivity index (χ0) is 30.4. The quantitative estimate of drug-likeness (QED) is 0.0998. The lowest BCUT2D eigenvalue weighted by Crippen LogP contribution is -2.29. The van der Waals surface area contributed by atoms with Crippen LogP contribution < -0.4 is 4.90 Å². The zero-order valence-corrected chi connectivity index (χ0v) is 26.3. The molecule has 0 atom stereocenters. The van der Waals surface area contributed by atoms with Crippen molar-refractivity contribution in [3.05, 3.63) is 127 Å². The Labute approximate surface area is 267 Å². The Morgan fingerprint density at radius 2 is 1.51 bits per heavy atom. The van der Waals surface area contributed by atoms with Crippen LogP contribution >= 0.6 is 43.5 Å². The lowest BCUT2D eigenvalue weighted by Gasteiger charge is -2.15. The summed E-state index contributed by atoms with van der Waals surface area (Å²) in [5.74, 6) is -1.83. The second-order valence-electron chi connectivity index (χ2n) is 9.79. The summed E-state index contributed by atoms with van der Waals surface area (Å²) in [5.41, 5.74) is 3.94. The van der Waals surface area contributed by atoms with Gasteiger partial charge >= 0.3 is 5.97 Å². The number of fused-ring (bicyclic) bond motifs is 2. The van der Waals surface area contributed by atoms with Crippen molar-refractivity contribution in [2.75, 3.05) is 11.5 Å². The molecule has 2 amide bonds. The van der Waals surface area contributed by atoms with Crippen molar-refractivity contribution in [3.8, 4) is 11.3 Å². The fourth-order valence-corrected chi connectivity index (χ4v) is 5.84. The van der Waals surface area contributed by atoms with E-state index in [9.17, 15) is 19.2 Å². The Balaban J connectivity index is 1.34. The van der Waals surface area contributed by atoms with Crippen LogP contribution in [0.15, 0.2) is 93.9 Å². The predicted octanol–water partition coefficient (Wildman–Crippen LogP) is 8.23. The number of ether oxygens (including phenoxy) is 1. The highest BCUT2D eigenvalue weighted by molar-refractivity contribution is 9.10. The lowest BCUT2D eigenvalue weighted by atomic mass is 10.0. The number of rotatable bonds is 6. The molecule has 0 fully saturated rings. The van der Waals surface area contributed by atoms with E-state index in [-0.39, 0.29) is 11.3 Å². The second-order valence-corrected chi connectivity index (χ2v) is 11.9. The van der Waals surface area contributed by atoms with Crippen LogP contribution in [0, 0.1) is 6.92 Å². The van der Waals surface area contributed by atoms with Crippen molar-refractivity contribution in [1.82, 2.24) is 4.98 Å². The minimum atomic E-state index is -0.699. The molecule has 7 nitrogen and oxygen atoms in total. The molecule has 0 radical (unpaired) electrons. The number of carbonyl (C=O) groups excluding carboxylic acids is 4. The molecule has 1 aromatic heterocycles. The summed E-state index contributed by atoms with van der Waals surface area (Å²) in [7, 11) is 0. The van der Waals surface area contributed by atoms with Gasteiger partial charge < -0.3 is 4.74 Å². The Hall–Kier alpha value is -4.18. The number of pyridine rings is 1. The van der Waals surface area contributed by atoms with Crippen molar-refractivity contribution in [2.24, 2.45) is 0 Å². The minimum absolute atomic E-state index is 0.202. The Morgan fingerprint density at radius 1 is 0.884 bits per heavy atom. The normalized spacial score (nSPS) is 12.5. The summed E-state index contributed by atoms with van der Waals surface area (Å²) in [4.78, 5) is 57.9. The number of hydrogen-bond donors (Lipinski definition) is 0. The molecular formula is C33H19Br2ClN2O5. The molecule has 0 saturated heterocycles. The van der Waals surface area contributed by atoms with Crippen molar-refractivity contribution in [2.45, 2.75) is 6.92 Å². The molecule has 10 heteroatoms. The Kier molecular flexibility index (Phi) is 7.72. The van der Waals surface area contributed by atoms with E-state index >= 15 is 0 Å². The number of amides is 2. The summed E-state index contributed by atoms with van der Waals surface area (Å²) >= 11 is 13.3. The maximum atomic E-state index is 13.4. The third kappa shape index (κ3) is 5.29. The van der Waals surface area contributed by atoms with Gasteiger partial charge in [-0.25, -0.2) is 14.7 Å². The molecule has 0 aliphatic carbocycles. The summed E-state index contributed by atoms with van der Waals surface area (Å²) < 4.78 is 6.88. The molecule has 1 aliphatic heterocycles. The first-order valence-electron chi connectivity index (χ1n) is 13.0. The monoisotopic (exact) mass is 716 g/mol. The van der Waals surface area contributed by atoms with Crippen molar-refractivity contribution in [3.63, 3.8) is 0 Å². The maximum Gasteiger partial charge on any atom is 0.339 e. The third-order valence-corrected chi connectivity index (χ3v) is 9.03. The number of aromatic nitrogens is 1. The number of esters is 1. The van der Waals surface area contributed by atoms with Gasteiger partial charge in [0, 0.05) is 25.5 Å². The highest BCUT2D eigenvalue weighted by atomic mass is 79.9. The summed E-state index contributed by atoms with van der Waals surface area (Å²) in [6.45, 7) is 1.35. The van der Waals surface area contributed by atoms with Crippen LogP contribution in [0.3, 0.4) is 0 Å². The molecule has 212 valence electrons. The molecule has 0 N–H and O–H groups in total. The van der Waals surface area contributed by atoms with E-state index in [0.717, 1.165) is 9.37 Å². The van der Waals surface area contributed by atoms with Gasteiger partial charge in [0.05, 0.1) is 38.6 Å². The van der Waals surface area contributed by atoms with Crippen LogP contribution in [0.2, 0.25) is 5.02 Å². The molecule has 0 spiro atoms. The van der Waals surface area contributed by atoms with Crippen LogP contribution in [0.1, 0.15) is 47.0 Å². The number of carbonyl (C=O) groups is 4. The van der Waals surface area contributed by atoms with E-state index in [1.165, 1.54) is 0 Å². The van der Waals surface area contributed by atoms with E-state index in [1.54, 1.807) is 91.9 Å². The van der Waals surface area contributed by atoms with Crippen molar-refractivity contribution in [1.29, 1.82) is 0 Å². The van der Waals surface area contributed by atoms with Crippen LogP contribution in [-0.4, -0.2) is 35.2 Å². The first kappa shape index (κ1) is 28.9. The van der Waals surface area contributed by atoms with Gasteiger partial charge in [0.15, 0.2) is 12.4 Å². The lowest BCUT2D eigenvalue weighted by molar-refractivity contribution is 0.0476. The SMILES string of the molecule is Cc1c(Cl)c(Br)cc2c(C(=O)OCC(=O)c3ccc(Br)cc3)cc(-c3ccc(N4C(=O)c5ccccc5C4=O)cc3)nc12. The number of halogens is 3. The molecule has 4 aromatic carbocycles. The molecule has 6 rings (SSSR count). The number of imide groups is 1. The average Bonchev–Trinajstić information content (AvgIpc) is 3.28. The third-order valence-electron chi connectivity index (χ3n) is 7.16. The average molecular weight is 719 g/mol. The van der Waals surface area contributed by atoms with Gasteiger partial charge in [0.25, 0.3) is 11.8 Å². The number of anilines is 1. The smallest absolute Gasteiger partial charge is 0.339 e. The fraction of sp³-hybridized carbons (Fsp3) is 0.0606. The number of ketones is 1. The summed E-state index contributed by atoms with van der Waals surface area (Å²) in [6.07, 6.45) is 0. The minimum Gasteiger partial charge on any atom is -0.454 e. The number of benzene rings is 4. The predicted molar refractivity (Wildman–Crippen MR) is 171 cm³/mol. The first-order chi connectivity index (χ1) is 20.6. The van der Waals surface area contributed by atoms with Gasteiger partial charge in [-0.05, 0) is 76.9 Å². The highest BCUT2D eigenvalue weighted by Crippen LogP contribution is 2.36. The van der Waals surface area contributed by atoms with Crippen LogP contribution in [0.25, 0.3) is 22.2 Å². The molecule has 0 unspecified atom stereocenters. The van der Waals surface area contributed by atoms with Gasteiger partial charge in [-0.3, -0.25) is 14.4 Å². The molecule has 1 aliphatic rings. The van der Waals surface area contributed by atoms with Crippen LogP contribution in [-0.2, 0) is 4.74 Å². The van der Waals surface area contributed by atoms with Gasteiger partial charge in [0.2, 0.25) is 0 Å². The molecule has 2 heterocycles. The summed E-state index contributed by atoms with van der Waals surface area (Å²) in [6, 6.07) is 23.5. The van der Waals surface area contributed by atoms with E-state index < -0.39 is 24.4 Å². The Morgan fingerprint density at radius 3 is 2.14 bits per heavy atom. The number of hydrogen-bond acceptors (Lipinski definition) is 6. The van der Waals surface area contributed by atoms with Gasteiger partial charge in [-0.2, -0.15) is 0 Å². The van der Waals surface area contributed by atoms with E-state index in [1.807, 2.05) is 0 Å². The first-order valence-corrected chi connectivity index (χ1v) is 14.9. The number of aryl methyl sites for hydroxylation is 1. The van der Waals surface area contributed by atoms with E-state index in [2.05, 4.69) is 31.9 Å². The van der Waals surface area contributed by atoms with Gasteiger partial charge in [0.1, 0.15) is 0 Å². The molecule has 43 heavy (non-hydrogen) atoms. The standard InChI is InChI=1S/C33H19Br2ClN2O5/c1-17-29(36)26(35)14-24-25(33(42)43-16-28(39)19-6-10-20(34)11-7-19)15-27(37-30(17)24)18-8-12-21(13-9-18)38-31(40)22-4-2-3-5-23(22)32(38)41/h2-15H,16H2,1H3. The molecule has 0 bridgehead atoms. The maximum absolute atomic E-state index is 13.4. The number of nitrogens with zero attached hydrogens (tertiary/aromatic N) is 2. The topological polar surface area (TPSA) is 93.6 Å². The summed E-state index contributed by atoms with van der Waals surface area (Å²) in [5, 5.41) is 0.948. The molecular weight excluding hydrogens is 700 g/mol. The fourth-order valence-electron chi connectivity index (χ4n) is 4.91.